The summed E-state index contributed by atoms with van der Waals surface area (Å²) in [6.45, 7) is 0.627. The molecule has 5 heteroatoms. The van der Waals surface area contributed by atoms with Gasteiger partial charge in [0.1, 0.15) is 5.82 Å². The summed E-state index contributed by atoms with van der Waals surface area (Å²) in [5.41, 5.74) is 9.55. The third kappa shape index (κ3) is 2.30. The lowest BCUT2D eigenvalue weighted by molar-refractivity contribution is 0.628. The number of halogens is 3. The van der Waals surface area contributed by atoms with E-state index in [1.807, 2.05) is 29.2 Å². The van der Waals surface area contributed by atoms with E-state index >= 15 is 0 Å². The number of nitrogens with zero attached hydrogens (tertiary/aromatic N) is 1. The molecule has 102 valence electrons. The van der Waals surface area contributed by atoms with E-state index in [0.717, 1.165) is 27.1 Å². The molecular formula is C15H11BrClFN2. The van der Waals surface area contributed by atoms with Crippen molar-refractivity contribution in [2.75, 3.05) is 11.4 Å². The average molecular weight is 354 g/mol. The monoisotopic (exact) mass is 352 g/mol. The topological polar surface area (TPSA) is 29.3 Å². The number of nitrogens with two attached hydrogens (primary N) is 1. The van der Waals surface area contributed by atoms with Gasteiger partial charge in [0.15, 0.2) is 0 Å². The van der Waals surface area contributed by atoms with Gasteiger partial charge in [-0.25, -0.2) is 4.39 Å². The number of fused-ring (bicyclic) bond motifs is 1. The van der Waals surface area contributed by atoms with Crippen LogP contribution in [-0.4, -0.2) is 6.54 Å². The van der Waals surface area contributed by atoms with Gasteiger partial charge in [0.2, 0.25) is 0 Å². The quantitative estimate of drug-likeness (QED) is 0.805. The van der Waals surface area contributed by atoms with E-state index in [1.165, 1.54) is 6.07 Å². The molecule has 0 amide bonds. The van der Waals surface area contributed by atoms with Gasteiger partial charge in [-0.3, -0.25) is 0 Å². The van der Waals surface area contributed by atoms with Crippen molar-refractivity contribution in [1.82, 2.24) is 0 Å². The standard InChI is InChI=1S/C15H11BrClFN2/c16-9-1-4-15-11(7-9)14(19)5-6-20(15)10-2-3-13(18)12(17)8-10/h1-5,7-8H,6,19H2. The van der Waals surface area contributed by atoms with Gasteiger partial charge in [0, 0.05) is 28.0 Å². The summed E-state index contributed by atoms with van der Waals surface area (Å²) < 4.78 is 14.3. The van der Waals surface area contributed by atoms with Crippen LogP contribution in [0.5, 0.6) is 0 Å². The van der Waals surface area contributed by atoms with Crippen LogP contribution >= 0.6 is 27.5 Å². The molecule has 0 atom stereocenters. The van der Waals surface area contributed by atoms with Gasteiger partial charge >= 0.3 is 0 Å². The Morgan fingerprint density at radius 1 is 1.20 bits per heavy atom. The first kappa shape index (κ1) is 13.5. The minimum atomic E-state index is -0.418. The predicted molar refractivity (Wildman–Crippen MR) is 84.7 cm³/mol. The lowest BCUT2D eigenvalue weighted by Crippen LogP contribution is -2.23. The molecule has 0 bridgehead atoms. The summed E-state index contributed by atoms with van der Waals surface area (Å²) in [6.07, 6.45) is 1.94. The number of rotatable bonds is 1. The first-order valence-corrected chi connectivity index (χ1v) is 7.21. The largest absolute Gasteiger partial charge is 0.398 e. The lowest BCUT2D eigenvalue weighted by Gasteiger charge is -2.30. The first-order chi connectivity index (χ1) is 9.56. The highest BCUT2D eigenvalue weighted by Gasteiger charge is 2.19. The highest BCUT2D eigenvalue weighted by Crippen LogP contribution is 2.37. The van der Waals surface area contributed by atoms with Crippen LogP contribution in [-0.2, 0) is 0 Å². The molecule has 0 saturated heterocycles. The van der Waals surface area contributed by atoms with E-state index in [9.17, 15) is 4.39 Å². The molecular weight excluding hydrogens is 343 g/mol. The van der Waals surface area contributed by atoms with Crippen molar-refractivity contribution in [2.45, 2.75) is 0 Å². The molecule has 2 aromatic rings. The zero-order chi connectivity index (χ0) is 14.3. The van der Waals surface area contributed by atoms with Crippen LogP contribution in [0.15, 0.2) is 46.9 Å². The molecule has 2 N–H and O–H groups in total. The van der Waals surface area contributed by atoms with Gasteiger partial charge in [-0.15, -0.1) is 0 Å². The van der Waals surface area contributed by atoms with E-state index in [4.69, 9.17) is 17.3 Å². The Bertz CT molecular complexity index is 715. The summed E-state index contributed by atoms with van der Waals surface area (Å²) in [7, 11) is 0. The minimum absolute atomic E-state index is 0.115. The second kappa shape index (κ2) is 5.11. The molecule has 0 radical (unpaired) electrons. The van der Waals surface area contributed by atoms with Crippen molar-refractivity contribution < 1.29 is 4.39 Å². The zero-order valence-electron chi connectivity index (χ0n) is 10.4. The second-order valence-corrected chi connectivity index (χ2v) is 5.85. The van der Waals surface area contributed by atoms with Gasteiger partial charge in [-0.1, -0.05) is 27.5 Å². The van der Waals surface area contributed by atoms with Gasteiger partial charge in [0.05, 0.1) is 10.7 Å². The molecule has 1 aliphatic heterocycles. The summed E-state index contributed by atoms with van der Waals surface area (Å²) in [4.78, 5) is 2.05. The molecule has 3 rings (SSSR count). The van der Waals surface area contributed by atoms with Gasteiger partial charge in [-0.05, 0) is 42.5 Å². The van der Waals surface area contributed by atoms with E-state index in [1.54, 1.807) is 12.1 Å². The number of hydrogen-bond donors (Lipinski definition) is 1. The smallest absolute Gasteiger partial charge is 0.141 e. The third-order valence-corrected chi connectivity index (χ3v) is 4.05. The van der Waals surface area contributed by atoms with Crippen LogP contribution in [0.1, 0.15) is 5.56 Å². The van der Waals surface area contributed by atoms with E-state index < -0.39 is 5.82 Å². The van der Waals surface area contributed by atoms with Gasteiger partial charge < -0.3 is 10.6 Å². The van der Waals surface area contributed by atoms with Crippen molar-refractivity contribution in [1.29, 1.82) is 0 Å². The van der Waals surface area contributed by atoms with Crippen molar-refractivity contribution in [3.05, 3.63) is 63.4 Å². The summed E-state index contributed by atoms with van der Waals surface area (Å²) in [5, 5.41) is 0.115. The molecule has 0 aromatic heterocycles. The molecule has 2 aromatic carbocycles. The third-order valence-electron chi connectivity index (χ3n) is 3.27. The Kier molecular flexibility index (Phi) is 3.44. The second-order valence-electron chi connectivity index (χ2n) is 4.53. The SMILES string of the molecule is NC1=CCN(c2ccc(F)c(Cl)c2)c2ccc(Br)cc21. The Morgan fingerprint density at radius 2 is 2.00 bits per heavy atom. The van der Waals surface area contributed by atoms with Crippen LogP contribution in [0.2, 0.25) is 5.02 Å². The Balaban J connectivity index is 2.11. The average Bonchev–Trinajstić information content (AvgIpc) is 2.43. The lowest BCUT2D eigenvalue weighted by atomic mass is 10.0. The van der Waals surface area contributed by atoms with Crippen molar-refractivity contribution in [2.24, 2.45) is 5.73 Å². The van der Waals surface area contributed by atoms with Crippen LogP contribution in [0.4, 0.5) is 15.8 Å². The number of benzene rings is 2. The summed E-state index contributed by atoms with van der Waals surface area (Å²) in [5.74, 6) is -0.418. The highest BCUT2D eigenvalue weighted by atomic mass is 79.9. The fourth-order valence-electron chi connectivity index (χ4n) is 2.27. The highest BCUT2D eigenvalue weighted by molar-refractivity contribution is 9.10. The van der Waals surface area contributed by atoms with Gasteiger partial charge in [0.25, 0.3) is 0 Å². The summed E-state index contributed by atoms with van der Waals surface area (Å²) in [6, 6.07) is 10.6. The normalized spacial score (nSPS) is 13.9. The van der Waals surface area contributed by atoms with Crippen molar-refractivity contribution in [3.8, 4) is 0 Å². The minimum Gasteiger partial charge on any atom is -0.398 e. The maximum absolute atomic E-state index is 13.3. The fourth-order valence-corrected chi connectivity index (χ4v) is 2.81. The Hall–Kier alpha value is -1.52. The molecule has 1 heterocycles. The number of anilines is 2. The molecule has 0 spiro atoms. The first-order valence-electron chi connectivity index (χ1n) is 6.04. The van der Waals surface area contributed by atoms with E-state index in [0.29, 0.717) is 6.54 Å². The predicted octanol–water partition coefficient (Wildman–Crippen LogP) is 4.69. The van der Waals surface area contributed by atoms with Crippen LogP contribution in [0.25, 0.3) is 5.70 Å². The molecule has 0 saturated carbocycles. The zero-order valence-corrected chi connectivity index (χ0v) is 12.7. The summed E-state index contributed by atoms with van der Waals surface area (Å²) >= 11 is 9.31. The molecule has 2 nitrogen and oxygen atoms in total. The van der Waals surface area contributed by atoms with Crippen LogP contribution in [0.3, 0.4) is 0 Å². The van der Waals surface area contributed by atoms with Crippen LogP contribution < -0.4 is 10.6 Å². The molecule has 1 aliphatic rings. The molecule has 0 unspecified atom stereocenters. The van der Waals surface area contributed by atoms with Gasteiger partial charge in [-0.2, -0.15) is 0 Å². The molecule has 0 aliphatic carbocycles. The fraction of sp³-hybridized carbons (Fsp3) is 0.0667. The van der Waals surface area contributed by atoms with Crippen molar-refractivity contribution in [3.63, 3.8) is 0 Å². The maximum Gasteiger partial charge on any atom is 0.141 e. The van der Waals surface area contributed by atoms with Crippen LogP contribution in [0, 0.1) is 5.82 Å². The Labute approximate surface area is 129 Å². The van der Waals surface area contributed by atoms with E-state index in [2.05, 4.69) is 15.9 Å². The molecule has 0 fully saturated rings. The molecule has 20 heavy (non-hydrogen) atoms. The maximum atomic E-state index is 13.3. The van der Waals surface area contributed by atoms with E-state index in [-0.39, 0.29) is 5.02 Å². The Morgan fingerprint density at radius 3 is 2.75 bits per heavy atom. The van der Waals surface area contributed by atoms with Crippen molar-refractivity contribution >= 4 is 44.6 Å². The number of hydrogen-bond acceptors (Lipinski definition) is 2.